The summed E-state index contributed by atoms with van der Waals surface area (Å²) >= 11 is 7.55. The van der Waals surface area contributed by atoms with Crippen LogP contribution in [0.4, 0.5) is 0 Å². The fourth-order valence-corrected chi connectivity index (χ4v) is 3.64. The summed E-state index contributed by atoms with van der Waals surface area (Å²) in [7, 11) is 0. The van der Waals surface area contributed by atoms with Crippen molar-refractivity contribution in [2.75, 3.05) is 19.8 Å². The van der Waals surface area contributed by atoms with Crippen LogP contribution in [0.3, 0.4) is 0 Å². The second-order valence-electron chi connectivity index (χ2n) is 5.59. The number of aliphatic hydroxyl groups is 1. The van der Waals surface area contributed by atoms with Gasteiger partial charge in [0.1, 0.15) is 0 Å². The van der Waals surface area contributed by atoms with E-state index < -0.39 is 6.10 Å². The van der Waals surface area contributed by atoms with Crippen molar-refractivity contribution in [2.24, 2.45) is 0 Å². The van der Waals surface area contributed by atoms with Crippen LogP contribution in [0.25, 0.3) is 0 Å². The Labute approximate surface area is 140 Å². The van der Waals surface area contributed by atoms with Gasteiger partial charge < -0.3 is 9.84 Å². The minimum Gasteiger partial charge on any atom is -0.388 e. The number of ether oxygens (including phenoxy) is 1. The molecule has 1 saturated heterocycles. The Morgan fingerprint density at radius 3 is 2.86 bits per heavy atom. The molecule has 1 aliphatic heterocycles. The van der Waals surface area contributed by atoms with Gasteiger partial charge in [0.25, 0.3) is 0 Å². The smallest absolute Gasteiger partial charge is 0.0897 e. The van der Waals surface area contributed by atoms with Crippen molar-refractivity contribution in [1.82, 2.24) is 4.90 Å². The maximum absolute atomic E-state index is 10.4. The number of benzene rings is 1. The lowest BCUT2D eigenvalue weighted by Crippen LogP contribution is -2.45. The molecule has 3 rings (SSSR count). The van der Waals surface area contributed by atoms with Crippen LogP contribution < -0.4 is 0 Å². The number of nitrogens with zero attached hydrogens (tertiary/aromatic N) is 1. The molecule has 3 nitrogen and oxygen atoms in total. The molecule has 22 heavy (non-hydrogen) atoms. The van der Waals surface area contributed by atoms with Crippen LogP contribution >= 0.6 is 22.9 Å². The molecule has 0 aliphatic carbocycles. The van der Waals surface area contributed by atoms with E-state index in [2.05, 4.69) is 17.0 Å². The lowest BCUT2D eigenvalue weighted by molar-refractivity contribution is -0.0296. The fraction of sp³-hybridized carbons (Fsp3) is 0.412. The van der Waals surface area contributed by atoms with Gasteiger partial charge in [0.15, 0.2) is 0 Å². The third kappa shape index (κ3) is 4.09. The molecule has 0 radical (unpaired) electrons. The Balaban J connectivity index is 1.64. The second kappa shape index (κ2) is 7.57. The Bertz CT molecular complexity index is 573. The van der Waals surface area contributed by atoms with E-state index in [1.54, 1.807) is 11.3 Å². The average Bonchev–Trinajstić information content (AvgIpc) is 3.06. The third-order valence-corrected chi connectivity index (χ3v) is 5.24. The molecule has 2 atom stereocenters. The van der Waals surface area contributed by atoms with Crippen LogP contribution in [-0.4, -0.2) is 35.8 Å². The van der Waals surface area contributed by atoms with E-state index in [1.807, 2.05) is 29.6 Å². The van der Waals surface area contributed by atoms with E-state index in [1.165, 1.54) is 5.56 Å². The van der Waals surface area contributed by atoms with Crippen LogP contribution in [0.15, 0.2) is 41.8 Å². The largest absolute Gasteiger partial charge is 0.388 e. The van der Waals surface area contributed by atoms with Crippen molar-refractivity contribution >= 4 is 22.9 Å². The first-order chi connectivity index (χ1) is 10.7. The first kappa shape index (κ1) is 16.0. The molecule has 1 N–H and O–H groups in total. The van der Waals surface area contributed by atoms with Crippen molar-refractivity contribution in [3.05, 3.63) is 57.2 Å². The standard InChI is InChI=1S/C17H20ClNO2S/c18-14-5-3-13(4-6-14)11-19-7-8-21-12-15(19)10-16(20)17-2-1-9-22-17/h1-6,9,15-16,20H,7-8,10-12H2. The molecule has 1 aromatic carbocycles. The van der Waals surface area contributed by atoms with Crippen molar-refractivity contribution < 1.29 is 9.84 Å². The zero-order valence-corrected chi connectivity index (χ0v) is 13.9. The molecule has 0 saturated carbocycles. The maximum atomic E-state index is 10.4. The van der Waals surface area contributed by atoms with Gasteiger partial charge in [-0.1, -0.05) is 29.8 Å². The number of hydrogen-bond acceptors (Lipinski definition) is 4. The lowest BCUT2D eigenvalue weighted by Gasteiger charge is -2.36. The molecule has 0 amide bonds. The second-order valence-corrected chi connectivity index (χ2v) is 7.01. The highest BCUT2D eigenvalue weighted by atomic mass is 35.5. The SMILES string of the molecule is OC(CC1COCCN1Cc1ccc(Cl)cc1)c1cccs1. The molecule has 1 fully saturated rings. The van der Waals surface area contributed by atoms with Gasteiger partial charge in [0.2, 0.25) is 0 Å². The van der Waals surface area contributed by atoms with Crippen LogP contribution in [0.1, 0.15) is 23.0 Å². The zero-order valence-electron chi connectivity index (χ0n) is 12.3. The average molecular weight is 338 g/mol. The highest BCUT2D eigenvalue weighted by Gasteiger charge is 2.26. The van der Waals surface area contributed by atoms with Crippen molar-refractivity contribution in [2.45, 2.75) is 25.1 Å². The molecular formula is C17H20ClNO2S. The van der Waals surface area contributed by atoms with Gasteiger partial charge in [-0.25, -0.2) is 0 Å². The Hall–Kier alpha value is -0.910. The summed E-state index contributed by atoms with van der Waals surface area (Å²) in [5.74, 6) is 0. The van der Waals surface area contributed by atoms with Crippen molar-refractivity contribution in [3.63, 3.8) is 0 Å². The van der Waals surface area contributed by atoms with Gasteiger partial charge in [-0.2, -0.15) is 0 Å². The highest BCUT2D eigenvalue weighted by Crippen LogP contribution is 2.26. The molecule has 0 spiro atoms. The minimum absolute atomic E-state index is 0.238. The number of morpholine rings is 1. The number of hydrogen-bond donors (Lipinski definition) is 1. The summed E-state index contributed by atoms with van der Waals surface area (Å²) in [4.78, 5) is 3.42. The van der Waals surface area contributed by atoms with Gasteiger partial charge in [0, 0.05) is 29.0 Å². The Morgan fingerprint density at radius 1 is 1.32 bits per heavy atom. The van der Waals surface area contributed by atoms with E-state index in [4.69, 9.17) is 16.3 Å². The first-order valence-electron chi connectivity index (χ1n) is 7.50. The summed E-state index contributed by atoms with van der Waals surface area (Å²) in [6, 6.07) is 12.2. The highest BCUT2D eigenvalue weighted by molar-refractivity contribution is 7.10. The monoisotopic (exact) mass is 337 g/mol. The summed E-state index contributed by atoms with van der Waals surface area (Å²) < 4.78 is 5.62. The summed E-state index contributed by atoms with van der Waals surface area (Å²) in [6.45, 7) is 3.18. The van der Waals surface area contributed by atoms with Crippen LogP contribution in [0.2, 0.25) is 5.02 Å². The van der Waals surface area contributed by atoms with Gasteiger partial charge in [0.05, 0.1) is 19.3 Å². The molecule has 2 unspecified atom stereocenters. The van der Waals surface area contributed by atoms with Crippen molar-refractivity contribution in [3.8, 4) is 0 Å². The molecule has 118 valence electrons. The van der Waals surface area contributed by atoms with E-state index >= 15 is 0 Å². The van der Waals surface area contributed by atoms with Gasteiger partial charge in [-0.15, -0.1) is 11.3 Å². The predicted octanol–water partition coefficient (Wildman–Crippen LogP) is 3.73. The fourth-order valence-electron chi connectivity index (χ4n) is 2.79. The molecule has 5 heteroatoms. The minimum atomic E-state index is -0.417. The summed E-state index contributed by atoms with van der Waals surface area (Å²) in [6.07, 6.45) is 0.285. The normalized spacial score (nSPS) is 20.9. The lowest BCUT2D eigenvalue weighted by atomic mass is 10.0. The third-order valence-electron chi connectivity index (χ3n) is 4.02. The number of halogens is 1. The Morgan fingerprint density at radius 2 is 2.14 bits per heavy atom. The van der Waals surface area contributed by atoms with Crippen LogP contribution in [0, 0.1) is 0 Å². The zero-order chi connectivity index (χ0) is 15.4. The summed E-state index contributed by atoms with van der Waals surface area (Å²) in [5.41, 5.74) is 1.24. The van der Waals surface area contributed by atoms with Gasteiger partial charge in [-0.3, -0.25) is 4.90 Å². The van der Waals surface area contributed by atoms with E-state index in [0.717, 1.165) is 29.6 Å². The number of rotatable bonds is 5. The maximum Gasteiger partial charge on any atom is 0.0897 e. The summed E-state index contributed by atoms with van der Waals surface area (Å²) in [5, 5.41) is 13.2. The van der Waals surface area contributed by atoms with Crippen LogP contribution in [0.5, 0.6) is 0 Å². The van der Waals surface area contributed by atoms with E-state index in [0.29, 0.717) is 13.0 Å². The predicted molar refractivity (Wildman–Crippen MR) is 90.4 cm³/mol. The topological polar surface area (TPSA) is 32.7 Å². The van der Waals surface area contributed by atoms with Crippen molar-refractivity contribution in [1.29, 1.82) is 0 Å². The number of thiophene rings is 1. The number of aliphatic hydroxyl groups excluding tert-OH is 1. The van der Waals surface area contributed by atoms with E-state index in [9.17, 15) is 5.11 Å². The first-order valence-corrected chi connectivity index (χ1v) is 8.76. The quantitative estimate of drug-likeness (QED) is 0.902. The molecule has 1 aliphatic rings. The van der Waals surface area contributed by atoms with Gasteiger partial charge >= 0.3 is 0 Å². The van der Waals surface area contributed by atoms with Gasteiger partial charge in [-0.05, 0) is 35.6 Å². The molecule has 1 aromatic heterocycles. The Kier molecular flexibility index (Phi) is 5.50. The molecule has 0 bridgehead atoms. The molecular weight excluding hydrogens is 318 g/mol. The molecule has 2 aromatic rings. The van der Waals surface area contributed by atoms with E-state index in [-0.39, 0.29) is 6.04 Å². The molecule has 2 heterocycles. The van der Waals surface area contributed by atoms with Crippen LogP contribution in [-0.2, 0) is 11.3 Å².